The SMILES string of the molecule is CCOC(=O)C1CC(C(N)=O)N(C(=O)COC)C1c1ccc(OC)cc1. The Hall–Kier alpha value is -2.61. The number of carbonyl (C=O) groups excluding carboxylic acids is 3. The molecular formula is C18H24N2O6. The molecule has 3 atom stereocenters. The zero-order chi connectivity index (χ0) is 19.3. The number of nitrogens with zero attached hydrogens (tertiary/aromatic N) is 1. The van der Waals surface area contributed by atoms with E-state index in [0.717, 1.165) is 0 Å². The van der Waals surface area contributed by atoms with Gasteiger partial charge in [0.1, 0.15) is 18.4 Å². The standard InChI is InChI=1S/C18H24N2O6/c1-4-26-18(23)13-9-14(17(19)22)20(15(21)10-24-2)16(13)11-5-7-12(25-3)8-6-11/h5-8,13-14,16H,4,9-10H2,1-3H3,(H2,19,22). The lowest BCUT2D eigenvalue weighted by Gasteiger charge is -2.30. The number of hydrogen-bond acceptors (Lipinski definition) is 6. The van der Waals surface area contributed by atoms with Crippen LogP contribution in [0.5, 0.6) is 5.75 Å². The number of primary amides is 1. The van der Waals surface area contributed by atoms with Crippen molar-refractivity contribution in [1.82, 2.24) is 4.90 Å². The molecule has 2 N–H and O–H groups in total. The maximum absolute atomic E-state index is 12.6. The second kappa shape index (κ2) is 8.66. The van der Waals surface area contributed by atoms with Gasteiger partial charge in [-0.25, -0.2) is 0 Å². The summed E-state index contributed by atoms with van der Waals surface area (Å²) in [6, 6.07) is 5.40. The molecule has 2 rings (SSSR count). The van der Waals surface area contributed by atoms with Gasteiger partial charge in [-0.05, 0) is 31.0 Å². The van der Waals surface area contributed by atoms with Gasteiger partial charge < -0.3 is 24.8 Å². The molecule has 1 aromatic carbocycles. The number of rotatable bonds is 7. The van der Waals surface area contributed by atoms with Gasteiger partial charge in [0.15, 0.2) is 0 Å². The minimum Gasteiger partial charge on any atom is -0.497 e. The van der Waals surface area contributed by atoms with Crippen LogP contribution in [0.25, 0.3) is 0 Å². The van der Waals surface area contributed by atoms with E-state index >= 15 is 0 Å². The van der Waals surface area contributed by atoms with Gasteiger partial charge in [-0.3, -0.25) is 14.4 Å². The summed E-state index contributed by atoms with van der Waals surface area (Å²) in [6.45, 7) is 1.69. The van der Waals surface area contributed by atoms with Crippen molar-refractivity contribution >= 4 is 17.8 Å². The van der Waals surface area contributed by atoms with Crippen LogP contribution in [0.2, 0.25) is 0 Å². The molecule has 1 heterocycles. The van der Waals surface area contributed by atoms with Crippen LogP contribution in [-0.2, 0) is 23.9 Å². The van der Waals surface area contributed by atoms with Crippen LogP contribution in [0.15, 0.2) is 24.3 Å². The second-order valence-electron chi connectivity index (χ2n) is 5.96. The van der Waals surface area contributed by atoms with E-state index in [2.05, 4.69) is 0 Å². The second-order valence-corrected chi connectivity index (χ2v) is 5.96. The Labute approximate surface area is 152 Å². The van der Waals surface area contributed by atoms with Gasteiger partial charge in [0.25, 0.3) is 0 Å². The van der Waals surface area contributed by atoms with Crippen LogP contribution >= 0.6 is 0 Å². The fraction of sp³-hybridized carbons (Fsp3) is 0.500. The van der Waals surface area contributed by atoms with E-state index in [0.29, 0.717) is 11.3 Å². The van der Waals surface area contributed by atoms with Gasteiger partial charge in [-0.1, -0.05) is 12.1 Å². The van der Waals surface area contributed by atoms with Crippen molar-refractivity contribution in [2.75, 3.05) is 27.4 Å². The normalized spacial score (nSPS) is 22.1. The van der Waals surface area contributed by atoms with Crippen molar-refractivity contribution < 1.29 is 28.6 Å². The van der Waals surface area contributed by atoms with Crippen molar-refractivity contribution in [3.8, 4) is 5.75 Å². The van der Waals surface area contributed by atoms with E-state index in [9.17, 15) is 14.4 Å². The Morgan fingerprint density at radius 2 is 1.85 bits per heavy atom. The van der Waals surface area contributed by atoms with E-state index in [4.69, 9.17) is 19.9 Å². The lowest BCUT2D eigenvalue weighted by molar-refractivity contribution is -0.150. The van der Waals surface area contributed by atoms with Crippen molar-refractivity contribution in [1.29, 1.82) is 0 Å². The van der Waals surface area contributed by atoms with Crippen LogP contribution in [0.1, 0.15) is 24.9 Å². The van der Waals surface area contributed by atoms with Gasteiger partial charge in [0.05, 0.1) is 25.7 Å². The lowest BCUT2D eigenvalue weighted by atomic mass is 9.93. The molecule has 1 fully saturated rings. The lowest BCUT2D eigenvalue weighted by Crippen LogP contribution is -2.46. The fourth-order valence-electron chi connectivity index (χ4n) is 3.32. The molecule has 0 spiro atoms. The number of ether oxygens (including phenoxy) is 3. The molecule has 0 saturated carbocycles. The highest BCUT2D eigenvalue weighted by molar-refractivity contribution is 5.90. The highest BCUT2D eigenvalue weighted by Gasteiger charge is 2.50. The number of likely N-dealkylation sites (tertiary alicyclic amines) is 1. The molecule has 1 aliphatic heterocycles. The summed E-state index contributed by atoms with van der Waals surface area (Å²) in [7, 11) is 2.93. The smallest absolute Gasteiger partial charge is 0.311 e. The van der Waals surface area contributed by atoms with Gasteiger partial charge >= 0.3 is 5.97 Å². The largest absolute Gasteiger partial charge is 0.497 e. The topological polar surface area (TPSA) is 108 Å². The van der Waals surface area contributed by atoms with Crippen LogP contribution in [0.4, 0.5) is 0 Å². The van der Waals surface area contributed by atoms with E-state index in [1.807, 2.05) is 0 Å². The van der Waals surface area contributed by atoms with Gasteiger partial charge in [0.2, 0.25) is 11.8 Å². The first-order valence-corrected chi connectivity index (χ1v) is 8.34. The third kappa shape index (κ3) is 3.96. The number of nitrogens with two attached hydrogens (primary N) is 1. The minimum absolute atomic E-state index is 0.111. The molecule has 0 radical (unpaired) electrons. The molecule has 1 saturated heterocycles. The van der Waals surface area contributed by atoms with E-state index < -0.39 is 35.8 Å². The summed E-state index contributed by atoms with van der Waals surface area (Å²) in [5.74, 6) is -1.60. The molecule has 8 heteroatoms. The third-order valence-electron chi connectivity index (χ3n) is 4.42. The van der Waals surface area contributed by atoms with Crippen LogP contribution < -0.4 is 10.5 Å². The molecule has 0 aliphatic carbocycles. The predicted octanol–water partition coefficient (Wildman–Crippen LogP) is 0.648. The van der Waals surface area contributed by atoms with Crippen LogP contribution in [0.3, 0.4) is 0 Å². The first kappa shape index (κ1) is 19.7. The summed E-state index contributed by atoms with van der Waals surface area (Å²) >= 11 is 0. The molecule has 0 aromatic heterocycles. The van der Waals surface area contributed by atoms with Crippen LogP contribution in [0, 0.1) is 5.92 Å². The summed E-state index contributed by atoms with van der Waals surface area (Å²) in [5.41, 5.74) is 6.19. The monoisotopic (exact) mass is 364 g/mol. The summed E-state index contributed by atoms with van der Waals surface area (Å²) in [6.07, 6.45) is 0.111. The first-order chi connectivity index (χ1) is 12.4. The number of methoxy groups -OCH3 is 2. The van der Waals surface area contributed by atoms with E-state index in [-0.39, 0.29) is 19.6 Å². The molecule has 1 aromatic rings. The van der Waals surface area contributed by atoms with Crippen molar-refractivity contribution in [3.05, 3.63) is 29.8 Å². The summed E-state index contributed by atoms with van der Waals surface area (Å²) < 4.78 is 15.2. The minimum atomic E-state index is -0.904. The van der Waals surface area contributed by atoms with Crippen molar-refractivity contribution in [2.45, 2.75) is 25.4 Å². The van der Waals surface area contributed by atoms with Crippen molar-refractivity contribution in [2.24, 2.45) is 11.7 Å². The van der Waals surface area contributed by atoms with Gasteiger partial charge in [-0.15, -0.1) is 0 Å². The number of amides is 2. The summed E-state index contributed by atoms with van der Waals surface area (Å²) in [4.78, 5) is 38.4. The molecule has 1 aliphatic rings. The molecule has 3 unspecified atom stereocenters. The average Bonchev–Trinajstić information content (AvgIpc) is 3.03. The highest BCUT2D eigenvalue weighted by Crippen LogP contribution is 2.42. The zero-order valence-electron chi connectivity index (χ0n) is 15.1. The van der Waals surface area contributed by atoms with E-state index in [1.165, 1.54) is 12.0 Å². The van der Waals surface area contributed by atoms with Crippen molar-refractivity contribution in [3.63, 3.8) is 0 Å². The Bertz CT molecular complexity index is 660. The van der Waals surface area contributed by atoms with Gasteiger partial charge in [0, 0.05) is 7.11 Å². The zero-order valence-corrected chi connectivity index (χ0v) is 15.1. The third-order valence-corrected chi connectivity index (χ3v) is 4.42. The van der Waals surface area contributed by atoms with E-state index in [1.54, 1.807) is 38.3 Å². The molecule has 2 amide bonds. The first-order valence-electron chi connectivity index (χ1n) is 8.34. The molecule has 26 heavy (non-hydrogen) atoms. The van der Waals surface area contributed by atoms with Gasteiger partial charge in [-0.2, -0.15) is 0 Å². The molecule has 142 valence electrons. The number of carbonyl (C=O) groups is 3. The fourth-order valence-corrected chi connectivity index (χ4v) is 3.32. The summed E-state index contributed by atoms with van der Waals surface area (Å²) in [5, 5.41) is 0. The number of hydrogen-bond donors (Lipinski definition) is 1. The highest BCUT2D eigenvalue weighted by atomic mass is 16.5. The molecule has 0 bridgehead atoms. The molecule has 8 nitrogen and oxygen atoms in total. The molecular weight excluding hydrogens is 340 g/mol. The predicted molar refractivity (Wildman–Crippen MR) is 92.2 cm³/mol. The maximum Gasteiger partial charge on any atom is 0.311 e. The Kier molecular flexibility index (Phi) is 6.57. The Morgan fingerprint density at radius 3 is 2.35 bits per heavy atom. The number of esters is 1. The Balaban J connectivity index is 2.48. The quantitative estimate of drug-likeness (QED) is 0.712. The number of benzene rings is 1. The Morgan fingerprint density at radius 1 is 1.19 bits per heavy atom. The van der Waals surface area contributed by atoms with Crippen LogP contribution in [-0.4, -0.2) is 56.2 Å². The average molecular weight is 364 g/mol. The maximum atomic E-state index is 12.6.